The van der Waals surface area contributed by atoms with Crippen LogP contribution in [0.2, 0.25) is 0 Å². The minimum Gasteiger partial charge on any atom is -0.338 e. The summed E-state index contributed by atoms with van der Waals surface area (Å²) in [5, 5.41) is 8.02. The van der Waals surface area contributed by atoms with E-state index in [-0.39, 0.29) is 5.91 Å². The number of thiophene rings is 1. The third-order valence-electron chi connectivity index (χ3n) is 6.15. The van der Waals surface area contributed by atoms with Gasteiger partial charge in [-0.1, -0.05) is 6.42 Å². The smallest absolute Gasteiger partial charge is 0.263 e. The minimum absolute atomic E-state index is 0.244. The number of likely N-dealkylation sites (tertiary alicyclic amines) is 1. The van der Waals surface area contributed by atoms with Crippen molar-refractivity contribution in [3.8, 4) is 0 Å². The molecule has 1 saturated heterocycles. The van der Waals surface area contributed by atoms with E-state index in [9.17, 15) is 4.79 Å². The van der Waals surface area contributed by atoms with Crippen LogP contribution in [-0.4, -0.2) is 33.7 Å². The van der Waals surface area contributed by atoms with Gasteiger partial charge in [0.1, 0.15) is 0 Å². The van der Waals surface area contributed by atoms with Crippen molar-refractivity contribution in [2.24, 2.45) is 0 Å². The molecule has 0 atom stereocenters. The molecule has 6 heteroatoms. The summed E-state index contributed by atoms with van der Waals surface area (Å²) < 4.78 is 2.21. The van der Waals surface area contributed by atoms with Crippen molar-refractivity contribution in [1.29, 1.82) is 0 Å². The van der Waals surface area contributed by atoms with Crippen LogP contribution in [0.25, 0.3) is 0 Å². The van der Waals surface area contributed by atoms with Crippen molar-refractivity contribution in [2.75, 3.05) is 13.1 Å². The number of nitrogens with zero attached hydrogens (tertiary/aromatic N) is 3. The highest BCUT2D eigenvalue weighted by Gasteiger charge is 2.29. The Hall–Kier alpha value is -1.66. The van der Waals surface area contributed by atoms with E-state index >= 15 is 0 Å². The Bertz CT molecular complexity index is 792. The lowest BCUT2D eigenvalue weighted by Crippen LogP contribution is -2.39. The molecule has 1 aliphatic carbocycles. The Balaban J connectivity index is 1.26. The van der Waals surface area contributed by atoms with Gasteiger partial charge in [0.15, 0.2) is 0 Å². The third-order valence-corrected chi connectivity index (χ3v) is 7.37. The molecule has 1 amide bonds. The highest BCUT2D eigenvalue weighted by Crippen LogP contribution is 2.32. The second-order valence-corrected chi connectivity index (χ2v) is 8.94. The molecule has 3 aliphatic rings. The van der Waals surface area contributed by atoms with Crippen LogP contribution in [-0.2, 0) is 25.9 Å². The van der Waals surface area contributed by atoms with Gasteiger partial charge in [-0.05, 0) is 50.2 Å². The normalized spacial score (nSPS) is 20.7. The summed E-state index contributed by atoms with van der Waals surface area (Å²) in [6, 6.07) is 2.62. The van der Waals surface area contributed by atoms with Crippen molar-refractivity contribution in [3.05, 3.63) is 38.8 Å². The molecule has 2 aliphatic heterocycles. The topological polar surface area (TPSA) is 50.2 Å². The maximum atomic E-state index is 13.0. The minimum atomic E-state index is 0.244. The number of aromatic nitrogens is 2. The summed E-state index contributed by atoms with van der Waals surface area (Å²) in [7, 11) is 0. The second-order valence-electron chi connectivity index (χ2n) is 7.81. The molecule has 1 fully saturated rings. The first-order chi connectivity index (χ1) is 12.8. The zero-order chi connectivity index (χ0) is 17.5. The number of amides is 1. The summed E-state index contributed by atoms with van der Waals surface area (Å²) in [4.78, 5) is 17.5. The van der Waals surface area contributed by atoms with Crippen LogP contribution in [0.5, 0.6) is 0 Å². The Morgan fingerprint density at radius 3 is 2.85 bits per heavy atom. The first kappa shape index (κ1) is 16.5. The monoisotopic (exact) mass is 370 g/mol. The van der Waals surface area contributed by atoms with Crippen LogP contribution in [0, 0.1) is 0 Å². The second kappa shape index (κ2) is 6.82. The summed E-state index contributed by atoms with van der Waals surface area (Å²) in [6.45, 7) is 3.55. The Labute approximate surface area is 158 Å². The molecule has 2 aromatic heterocycles. The number of hydrogen-bond donors (Lipinski definition) is 1. The fourth-order valence-electron chi connectivity index (χ4n) is 4.64. The highest BCUT2D eigenvalue weighted by atomic mass is 32.1. The maximum absolute atomic E-state index is 13.0. The lowest BCUT2D eigenvalue weighted by molar-refractivity contribution is 0.0693. The summed E-state index contributed by atoms with van der Waals surface area (Å²) in [5.74, 6) is 0.244. The van der Waals surface area contributed by atoms with Gasteiger partial charge in [-0.2, -0.15) is 5.10 Å². The van der Waals surface area contributed by atoms with Gasteiger partial charge in [0, 0.05) is 36.6 Å². The predicted molar refractivity (Wildman–Crippen MR) is 103 cm³/mol. The number of carbonyl (C=O) groups is 1. The predicted octanol–water partition coefficient (Wildman–Crippen LogP) is 3.29. The van der Waals surface area contributed by atoms with Gasteiger partial charge in [0.05, 0.1) is 22.8 Å². The molecular formula is C20H26N4OS. The number of fused-ring (bicyclic) bond motifs is 2. The van der Waals surface area contributed by atoms with Gasteiger partial charge in [-0.15, -0.1) is 11.3 Å². The highest BCUT2D eigenvalue weighted by molar-refractivity contribution is 7.14. The number of piperidine rings is 1. The summed E-state index contributed by atoms with van der Waals surface area (Å²) >= 11 is 1.75. The average molecular weight is 371 g/mol. The van der Waals surface area contributed by atoms with Crippen LogP contribution in [0.1, 0.15) is 69.5 Å². The van der Waals surface area contributed by atoms with E-state index in [0.29, 0.717) is 6.04 Å². The van der Waals surface area contributed by atoms with Crippen molar-refractivity contribution >= 4 is 17.2 Å². The van der Waals surface area contributed by atoms with Crippen molar-refractivity contribution in [2.45, 2.75) is 64.1 Å². The molecule has 26 heavy (non-hydrogen) atoms. The van der Waals surface area contributed by atoms with Crippen LogP contribution >= 0.6 is 11.3 Å². The third kappa shape index (κ3) is 2.89. The summed E-state index contributed by atoms with van der Waals surface area (Å²) in [5.41, 5.74) is 4.12. The standard InChI is InChI=1S/C20H26N4OS/c25-20(19-10-14-4-2-1-3-5-18(14)26-19)23-8-6-16(7-9-23)24-17-13-21-11-15(17)12-22-24/h10,12,16,21H,1-9,11,13H2. The van der Waals surface area contributed by atoms with E-state index in [2.05, 4.69) is 26.1 Å². The lowest BCUT2D eigenvalue weighted by Gasteiger charge is -2.32. The average Bonchev–Trinajstić information content (AvgIpc) is 3.34. The van der Waals surface area contributed by atoms with Crippen LogP contribution in [0.4, 0.5) is 0 Å². The molecule has 5 nitrogen and oxygen atoms in total. The van der Waals surface area contributed by atoms with Crippen LogP contribution < -0.4 is 5.32 Å². The molecule has 0 radical (unpaired) electrons. The van der Waals surface area contributed by atoms with Crippen LogP contribution in [0.3, 0.4) is 0 Å². The zero-order valence-electron chi connectivity index (χ0n) is 15.2. The Morgan fingerprint density at radius 1 is 1.12 bits per heavy atom. The zero-order valence-corrected chi connectivity index (χ0v) is 16.0. The number of hydrogen-bond acceptors (Lipinski definition) is 4. The molecule has 138 valence electrons. The molecule has 0 saturated carbocycles. The van der Waals surface area contributed by atoms with Crippen LogP contribution in [0.15, 0.2) is 12.3 Å². The van der Waals surface area contributed by atoms with E-state index in [1.54, 1.807) is 11.3 Å². The van der Waals surface area contributed by atoms with Crippen molar-refractivity contribution in [1.82, 2.24) is 20.0 Å². The fourth-order valence-corrected chi connectivity index (χ4v) is 5.86. The van der Waals surface area contributed by atoms with E-state index in [1.165, 1.54) is 41.0 Å². The van der Waals surface area contributed by atoms with Gasteiger partial charge >= 0.3 is 0 Å². The first-order valence-electron chi connectivity index (χ1n) is 9.96. The largest absolute Gasteiger partial charge is 0.338 e. The fraction of sp³-hybridized carbons (Fsp3) is 0.600. The maximum Gasteiger partial charge on any atom is 0.263 e. The van der Waals surface area contributed by atoms with Gasteiger partial charge < -0.3 is 10.2 Å². The van der Waals surface area contributed by atoms with Gasteiger partial charge in [-0.25, -0.2) is 0 Å². The molecule has 4 heterocycles. The molecule has 5 rings (SSSR count). The molecule has 0 spiro atoms. The molecular weight excluding hydrogens is 344 g/mol. The SMILES string of the molecule is O=C(c1cc2c(s1)CCCCC2)N1CCC(n2ncc3c2CNC3)CC1. The number of rotatable bonds is 2. The number of carbonyl (C=O) groups excluding carboxylic acids is 1. The number of aryl methyl sites for hydroxylation is 2. The van der Waals surface area contributed by atoms with Crippen molar-refractivity contribution in [3.63, 3.8) is 0 Å². The van der Waals surface area contributed by atoms with Crippen molar-refractivity contribution < 1.29 is 4.79 Å². The molecule has 0 unspecified atom stereocenters. The first-order valence-corrected chi connectivity index (χ1v) is 10.8. The van der Waals surface area contributed by atoms with Gasteiger partial charge in [0.2, 0.25) is 0 Å². The van der Waals surface area contributed by atoms with E-state index in [1.807, 2.05) is 6.20 Å². The van der Waals surface area contributed by atoms with Gasteiger partial charge in [0.25, 0.3) is 5.91 Å². The lowest BCUT2D eigenvalue weighted by atomic mass is 10.0. The summed E-state index contributed by atoms with van der Waals surface area (Å²) in [6.07, 6.45) is 10.2. The quantitative estimate of drug-likeness (QED) is 0.826. The van der Waals surface area contributed by atoms with Gasteiger partial charge in [-0.3, -0.25) is 9.48 Å². The Morgan fingerprint density at radius 2 is 1.96 bits per heavy atom. The number of nitrogens with one attached hydrogen (secondary N) is 1. The Kier molecular flexibility index (Phi) is 4.33. The molecule has 2 aromatic rings. The molecule has 0 aromatic carbocycles. The molecule has 0 bridgehead atoms. The van der Waals surface area contributed by atoms with E-state index in [4.69, 9.17) is 0 Å². The van der Waals surface area contributed by atoms with E-state index in [0.717, 1.165) is 56.7 Å². The van der Waals surface area contributed by atoms with E-state index < -0.39 is 0 Å². The molecule has 1 N–H and O–H groups in total.